The molecule has 2 N–H and O–H groups in total. The number of hydrogen-bond donors (Lipinski definition) is 2. The van der Waals surface area contributed by atoms with Gasteiger partial charge in [0.2, 0.25) is 0 Å². The number of ether oxygens (including phenoxy) is 2. The Bertz CT molecular complexity index is 1110. The summed E-state index contributed by atoms with van der Waals surface area (Å²) in [6.07, 6.45) is 1.11. The van der Waals surface area contributed by atoms with Gasteiger partial charge in [0.25, 0.3) is 5.91 Å². The summed E-state index contributed by atoms with van der Waals surface area (Å²) >= 11 is 0. The van der Waals surface area contributed by atoms with Gasteiger partial charge in [-0.15, -0.1) is 0 Å². The van der Waals surface area contributed by atoms with E-state index in [1.807, 2.05) is 37.3 Å². The minimum absolute atomic E-state index is 0.0203. The number of aliphatic hydroxyl groups is 1. The van der Waals surface area contributed by atoms with Crippen molar-refractivity contribution in [1.82, 2.24) is 10.2 Å². The highest BCUT2D eigenvalue weighted by Crippen LogP contribution is 2.41. The minimum Gasteiger partial charge on any atom is -0.497 e. The van der Waals surface area contributed by atoms with Crippen LogP contribution in [0.1, 0.15) is 55.9 Å². The summed E-state index contributed by atoms with van der Waals surface area (Å²) in [5, 5.41) is 13.5. The zero-order chi connectivity index (χ0) is 24.7. The lowest BCUT2D eigenvalue weighted by atomic mass is 9.76. The van der Waals surface area contributed by atoms with E-state index in [1.54, 1.807) is 7.11 Å². The first-order valence-electron chi connectivity index (χ1n) is 11.8. The molecule has 1 fully saturated rings. The second-order valence-corrected chi connectivity index (χ2v) is 10.3. The molecule has 1 spiro atoms. The van der Waals surface area contributed by atoms with E-state index in [-0.39, 0.29) is 24.5 Å². The molecule has 7 nitrogen and oxygen atoms in total. The number of nitrogens with zero attached hydrogens (tertiary/aromatic N) is 1. The van der Waals surface area contributed by atoms with Crippen LogP contribution in [-0.4, -0.2) is 48.3 Å². The largest absolute Gasteiger partial charge is 0.497 e. The van der Waals surface area contributed by atoms with Crippen LogP contribution in [0.25, 0.3) is 0 Å². The van der Waals surface area contributed by atoms with Crippen molar-refractivity contribution in [1.29, 1.82) is 0 Å². The first-order chi connectivity index (χ1) is 16.0. The van der Waals surface area contributed by atoms with Crippen molar-refractivity contribution in [3.05, 3.63) is 58.7 Å². The van der Waals surface area contributed by atoms with Crippen LogP contribution in [0.15, 0.2) is 36.4 Å². The molecule has 2 atom stereocenters. The van der Waals surface area contributed by atoms with Gasteiger partial charge in [0.05, 0.1) is 13.7 Å². The first kappa shape index (κ1) is 24.1. The Kier molecular flexibility index (Phi) is 6.34. The van der Waals surface area contributed by atoms with Crippen LogP contribution in [0, 0.1) is 6.92 Å². The second kappa shape index (κ2) is 8.95. The number of hydrogen-bond acceptors (Lipinski definition) is 5. The Morgan fingerprint density at radius 2 is 1.94 bits per heavy atom. The molecular weight excluding hydrogens is 432 g/mol. The molecule has 1 aliphatic heterocycles. The van der Waals surface area contributed by atoms with Gasteiger partial charge in [-0.05, 0) is 72.1 Å². The van der Waals surface area contributed by atoms with Crippen molar-refractivity contribution in [2.75, 3.05) is 20.3 Å². The number of imide groups is 1. The van der Waals surface area contributed by atoms with Crippen molar-refractivity contribution in [2.45, 2.75) is 64.0 Å². The molecule has 34 heavy (non-hydrogen) atoms. The number of aryl methyl sites for hydroxylation is 2. The number of fused-ring (bicyclic) bond motifs is 2. The number of carbonyl (C=O) groups is 2. The fourth-order valence-corrected chi connectivity index (χ4v) is 4.87. The summed E-state index contributed by atoms with van der Waals surface area (Å²) < 4.78 is 11.2. The van der Waals surface area contributed by atoms with E-state index < -0.39 is 17.7 Å². The van der Waals surface area contributed by atoms with Crippen LogP contribution in [0.4, 0.5) is 4.79 Å². The Hall–Kier alpha value is -3.06. The van der Waals surface area contributed by atoms with Crippen molar-refractivity contribution in [3.63, 3.8) is 0 Å². The molecule has 2 aliphatic rings. The zero-order valence-electron chi connectivity index (χ0n) is 20.6. The molecule has 2 aromatic carbocycles. The summed E-state index contributed by atoms with van der Waals surface area (Å²) in [5.74, 6) is 1.08. The zero-order valence-corrected chi connectivity index (χ0v) is 20.6. The molecular formula is C27H34N2O5. The molecule has 7 heteroatoms. The number of aliphatic hydroxyl groups excluding tert-OH is 1. The smallest absolute Gasteiger partial charge is 0.325 e. The lowest BCUT2D eigenvalue weighted by molar-refractivity contribution is -0.133. The van der Waals surface area contributed by atoms with Gasteiger partial charge in [-0.3, -0.25) is 9.69 Å². The van der Waals surface area contributed by atoms with Crippen molar-refractivity contribution < 1.29 is 24.2 Å². The summed E-state index contributed by atoms with van der Waals surface area (Å²) in [5.41, 5.74) is 2.93. The summed E-state index contributed by atoms with van der Waals surface area (Å²) in [7, 11) is 1.61. The van der Waals surface area contributed by atoms with Crippen LogP contribution in [0.2, 0.25) is 0 Å². The fourth-order valence-electron chi connectivity index (χ4n) is 4.87. The van der Waals surface area contributed by atoms with Gasteiger partial charge in [-0.25, -0.2) is 4.79 Å². The maximum atomic E-state index is 13.5. The van der Waals surface area contributed by atoms with Crippen molar-refractivity contribution in [3.8, 4) is 11.5 Å². The van der Waals surface area contributed by atoms with E-state index in [0.717, 1.165) is 40.2 Å². The third-order valence-corrected chi connectivity index (χ3v) is 6.81. The van der Waals surface area contributed by atoms with Crippen LogP contribution < -0.4 is 14.8 Å². The number of carbonyl (C=O) groups excluding carboxylic acids is 2. The number of β-amino-alcohol motifs (C(OH)–C–C–N with tert-alkyl or cyclic N) is 1. The molecule has 2 aromatic rings. The van der Waals surface area contributed by atoms with Crippen LogP contribution in [-0.2, 0) is 22.2 Å². The van der Waals surface area contributed by atoms with Gasteiger partial charge < -0.3 is 19.9 Å². The van der Waals surface area contributed by atoms with Crippen LogP contribution in [0.5, 0.6) is 11.5 Å². The molecule has 182 valence electrons. The highest BCUT2D eigenvalue weighted by Gasteiger charge is 2.54. The summed E-state index contributed by atoms with van der Waals surface area (Å²) in [4.78, 5) is 27.4. The quantitative estimate of drug-likeness (QED) is 0.632. The topological polar surface area (TPSA) is 88.1 Å². The lowest BCUT2D eigenvalue weighted by Crippen LogP contribution is -2.47. The van der Waals surface area contributed by atoms with Gasteiger partial charge >= 0.3 is 6.03 Å². The molecule has 1 aliphatic carbocycles. The van der Waals surface area contributed by atoms with E-state index in [1.165, 1.54) is 5.56 Å². The number of nitrogens with one attached hydrogen (secondary N) is 1. The van der Waals surface area contributed by atoms with Gasteiger partial charge in [0.15, 0.2) is 0 Å². The average molecular weight is 467 g/mol. The van der Waals surface area contributed by atoms with Crippen LogP contribution >= 0.6 is 0 Å². The van der Waals surface area contributed by atoms with E-state index in [9.17, 15) is 14.7 Å². The predicted octanol–water partition coefficient (Wildman–Crippen LogP) is 3.82. The Morgan fingerprint density at radius 1 is 1.18 bits per heavy atom. The highest BCUT2D eigenvalue weighted by atomic mass is 16.5. The molecule has 1 saturated heterocycles. The van der Waals surface area contributed by atoms with Gasteiger partial charge in [0, 0.05) is 0 Å². The van der Waals surface area contributed by atoms with Crippen molar-refractivity contribution in [2.24, 2.45) is 0 Å². The van der Waals surface area contributed by atoms with Gasteiger partial charge in [-0.2, -0.15) is 0 Å². The third kappa shape index (κ3) is 4.37. The predicted molar refractivity (Wildman–Crippen MR) is 129 cm³/mol. The Balaban J connectivity index is 1.45. The summed E-state index contributed by atoms with van der Waals surface area (Å²) in [6.45, 7) is 8.27. The molecule has 0 radical (unpaired) electrons. The molecule has 3 amide bonds. The molecule has 0 saturated carbocycles. The number of benzene rings is 2. The van der Waals surface area contributed by atoms with Gasteiger partial charge in [-0.1, -0.05) is 39.0 Å². The monoisotopic (exact) mass is 466 g/mol. The maximum absolute atomic E-state index is 13.5. The van der Waals surface area contributed by atoms with Gasteiger partial charge in [0.1, 0.15) is 29.7 Å². The van der Waals surface area contributed by atoms with E-state index in [2.05, 4.69) is 32.2 Å². The highest BCUT2D eigenvalue weighted by molar-refractivity contribution is 6.07. The molecule has 0 aromatic heterocycles. The molecule has 4 rings (SSSR count). The van der Waals surface area contributed by atoms with E-state index in [4.69, 9.17) is 9.47 Å². The Labute approximate surface area is 201 Å². The normalized spacial score (nSPS) is 20.8. The summed E-state index contributed by atoms with van der Waals surface area (Å²) in [6, 6.07) is 11.1. The second-order valence-electron chi connectivity index (χ2n) is 10.3. The minimum atomic E-state index is -1.09. The first-order valence-corrected chi connectivity index (χ1v) is 11.8. The Morgan fingerprint density at radius 3 is 2.62 bits per heavy atom. The average Bonchev–Trinajstić information content (AvgIpc) is 3.02. The van der Waals surface area contributed by atoms with E-state index >= 15 is 0 Å². The standard InChI is InChI=1S/C27H34N2O5/c1-17-13-19(26(2,3)4)8-11-23(17)34-16-20(30)15-29-24(31)27(28-25(29)32)12-6-7-18-14-21(33-5)9-10-22(18)27/h8-11,13-14,20,30H,6-7,12,15-16H2,1-5H3,(H,28,32)/t20-,27+/m1/s1. The SMILES string of the molecule is COc1ccc2c(c1)CCC[C@]21NC(=O)N(C[C@@H](O)COc2ccc(C(C)(C)C)cc2C)C1=O. The molecule has 0 unspecified atom stereocenters. The number of methoxy groups -OCH3 is 1. The molecule has 0 bridgehead atoms. The third-order valence-electron chi connectivity index (χ3n) is 6.81. The number of urea groups is 1. The molecule has 1 heterocycles. The van der Waals surface area contributed by atoms with E-state index in [0.29, 0.717) is 12.2 Å². The lowest BCUT2D eigenvalue weighted by Gasteiger charge is -2.33. The van der Waals surface area contributed by atoms with Crippen molar-refractivity contribution >= 4 is 11.9 Å². The number of amides is 3. The maximum Gasteiger partial charge on any atom is 0.325 e. The number of rotatable bonds is 6. The van der Waals surface area contributed by atoms with Crippen LogP contribution in [0.3, 0.4) is 0 Å². The fraction of sp³-hybridized carbons (Fsp3) is 0.481.